The van der Waals surface area contributed by atoms with Crippen molar-refractivity contribution >= 4 is 0 Å². The highest BCUT2D eigenvalue weighted by Gasteiger charge is 2.22. The Balaban J connectivity index is 1.41. The topological polar surface area (TPSA) is 55.2 Å². The Kier molecular flexibility index (Phi) is 6.11. The maximum absolute atomic E-state index is 5.54. The van der Waals surface area contributed by atoms with Gasteiger partial charge in [0.25, 0.3) is 0 Å². The van der Waals surface area contributed by atoms with Crippen molar-refractivity contribution in [2.24, 2.45) is 0 Å². The van der Waals surface area contributed by atoms with Gasteiger partial charge in [0, 0.05) is 32.2 Å². The third-order valence-electron chi connectivity index (χ3n) is 5.08. The van der Waals surface area contributed by atoms with Gasteiger partial charge in [-0.25, -0.2) is 0 Å². The minimum atomic E-state index is 0.327. The molecule has 6 nitrogen and oxygen atoms in total. The van der Waals surface area contributed by atoms with E-state index in [1.807, 2.05) is 36.5 Å². The fourth-order valence-corrected chi connectivity index (χ4v) is 3.62. The number of ether oxygens (including phenoxy) is 1. The van der Waals surface area contributed by atoms with Gasteiger partial charge in [-0.2, -0.15) is 15.0 Å². The average molecular weight is 377 g/mol. The van der Waals surface area contributed by atoms with Crippen LogP contribution in [0, 0.1) is 6.92 Å². The molecule has 1 fully saturated rings. The zero-order chi connectivity index (χ0) is 19.2. The molecule has 1 aromatic heterocycles. The summed E-state index contributed by atoms with van der Waals surface area (Å²) in [7, 11) is 0. The molecular formula is C22H27N5O. The summed E-state index contributed by atoms with van der Waals surface area (Å²) >= 11 is 0. The van der Waals surface area contributed by atoms with Crippen LogP contribution in [0.4, 0.5) is 0 Å². The summed E-state index contributed by atoms with van der Waals surface area (Å²) in [6, 6.07) is 19.1. The van der Waals surface area contributed by atoms with E-state index in [0.29, 0.717) is 12.6 Å². The smallest absolute Gasteiger partial charge is 0.0969 e. The lowest BCUT2D eigenvalue weighted by Gasteiger charge is -2.35. The number of aromatic nitrogens is 3. The van der Waals surface area contributed by atoms with Crippen molar-refractivity contribution in [2.45, 2.75) is 19.5 Å². The summed E-state index contributed by atoms with van der Waals surface area (Å²) in [5.74, 6) is 0. The Morgan fingerprint density at radius 2 is 1.89 bits per heavy atom. The van der Waals surface area contributed by atoms with E-state index < -0.39 is 0 Å². The van der Waals surface area contributed by atoms with Crippen LogP contribution in [0.5, 0.6) is 0 Å². The predicted octanol–water partition coefficient (Wildman–Crippen LogP) is 2.74. The van der Waals surface area contributed by atoms with Gasteiger partial charge in [-0.15, -0.1) is 0 Å². The second-order valence-corrected chi connectivity index (χ2v) is 7.17. The van der Waals surface area contributed by atoms with Crippen molar-refractivity contribution in [3.8, 4) is 5.69 Å². The summed E-state index contributed by atoms with van der Waals surface area (Å²) < 4.78 is 5.54. The summed E-state index contributed by atoms with van der Waals surface area (Å²) in [6.07, 6.45) is 1.83. The Morgan fingerprint density at radius 1 is 1.07 bits per heavy atom. The molecule has 2 heterocycles. The van der Waals surface area contributed by atoms with Crippen LogP contribution in [-0.2, 0) is 11.3 Å². The highest BCUT2D eigenvalue weighted by atomic mass is 16.5. The van der Waals surface area contributed by atoms with Crippen molar-refractivity contribution in [3.05, 3.63) is 77.6 Å². The Bertz CT molecular complexity index is 873. The van der Waals surface area contributed by atoms with E-state index >= 15 is 0 Å². The molecule has 28 heavy (non-hydrogen) atoms. The van der Waals surface area contributed by atoms with Gasteiger partial charge < -0.3 is 10.1 Å². The highest BCUT2D eigenvalue weighted by Crippen LogP contribution is 2.22. The van der Waals surface area contributed by atoms with Gasteiger partial charge in [-0.05, 0) is 24.6 Å². The van der Waals surface area contributed by atoms with Gasteiger partial charge in [0.2, 0.25) is 0 Å². The van der Waals surface area contributed by atoms with E-state index in [4.69, 9.17) is 4.74 Å². The van der Waals surface area contributed by atoms with Crippen LogP contribution in [0.15, 0.2) is 60.8 Å². The zero-order valence-corrected chi connectivity index (χ0v) is 16.3. The highest BCUT2D eigenvalue weighted by molar-refractivity contribution is 5.28. The SMILES string of the molecule is Cc1cccc(C(CNCc2cnn(-c3ccccc3)n2)N2CCOCC2)c1. The van der Waals surface area contributed by atoms with Crippen LogP contribution < -0.4 is 5.32 Å². The van der Waals surface area contributed by atoms with Crippen LogP contribution in [0.3, 0.4) is 0 Å². The first kappa shape index (κ1) is 18.8. The lowest BCUT2D eigenvalue weighted by atomic mass is 10.0. The monoisotopic (exact) mass is 377 g/mol. The molecule has 4 rings (SSSR count). The summed E-state index contributed by atoms with van der Waals surface area (Å²) in [5, 5.41) is 12.6. The number of hydrogen-bond acceptors (Lipinski definition) is 5. The first-order valence-electron chi connectivity index (χ1n) is 9.85. The fraction of sp³-hybridized carbons (Fsp3) is 0.364. The van der Waals surface area contributed by atoms with E-state index in [9.17, 15) is 0 Å². The molecule has 1 unspecified atom stereocenters. The quantitative estimate of drug-likeness (QED) is 0.686. The molecular weight excluding hydrogens is 350 g/mol. The maximum atomic E-state index is 5.54. The number of benzene rings is 2. The number of rotatable bonds is 7. The fourth-order valence-electron chi connectivity index (χ4n) is 3.62. The van der Waals surface area contributed by atoms with Gasteiger partial charge in [0.15, 0.2) is 0 Å². The Hall–Kier alpha value is -2.54. The predicted molar refractivity (Wildman–Crippen MR) is 109 cm³/mol. The summed E-state index contributed by atoms with van der Waals surface area (Å²) in [5.41, 5.74) is 4.55. The van der Waals surface area contributed by atoms with Crippen LogP contribution in [0.25, 0.3) is 5.69 Å². The average Bonchev–Trinajstić information content (AvgIpc) is 3.21. The normalized spacial score (nSPS) is 16.2. The minimum absolute atomic E-state index is 0.327. The standard InChI is InChI=1S/C22H27N5O/c1-18-6-5-7-19(14-18)22(26-10-12-28-13-11-26)17-23-15-20-16-24-27(25-20)21-8-3-2-4-9-21/h2-9,14,16,22-23H,10-13,15,17H2,1H3. The van der Waals surface area contributed by atoms with E-state index in [2.05, 4.69) is 51.6 Å². The van der Waals surface area contributed by atoms with E-state index in [0.717, 1.165) is 44.2 Å². The molecule has 2 aromatic carbocycles. The number of nitrogens with one attached hydrogen (secondary N) is 1. The number of hydrogen-bond donors (Lipinski definition) is 1. The maximum Gasteiger partial charge on any atom is 0.0969 e. The summed E-state index contributed by atoms with van der Waals surface area (Å²) in [6.45, 7) is 7.23. The van der Waals surface area contributed by atoms with E-state index in [1.54, 1.807) is 4.80 Å². The summed E-state index contributed by atoms with van der Waals surface area (Å²) in [4.78, 5) is 4.18. The molecule has 1 atom stereocenters. The lowest BCUT2D eigenvalue weighted by Crippen LogP contribution is -2.42. The second-order valence-electron chi connectivity index (χ2n) is 7.17. The van der Waals surface area contributed by atoms with Crippen LogP contribution in [0.2, 0.25) is 0 Å². The van der Waals surface area contributed by atoms with Crippen molar-refractivity contribution in [3.63, 3.8) is 0 Å². The van der Waals surface area contributed by atoms with Crippen LogP contribution >= 0.6 is 0 Å². The number of para-hydroxylation sites is 1. The van der Waals surface area contributed by atoms with Crippen molar-refractivity contribution in [2.75, 3.05) is 32.8 Å². The molecule has 0 radical (unpaired) electrons. The molecule has 1 aliphatic rings. The first-order chi connectivity index (χ1) is 13.8. The van der Waals surface area contributed by atoms with E-state index in [-0.39, 0.29) is 0 Å². The minimum Gasteiger partial charge on any atom is -0.379 e. The number of aryl methyl sites for hydroxylation is 1. The van der Waals surface area contributed by atoms with E-state index in [1.165, 1.54) is 11.1 Å². The van der Waals surface area contributed by atoms with Crippen molar-refractivity contribution < 1.29 is 4.74 Å². The van der Waals surface area contributed by atoms with Gasteiger partial charge >= 0.3 is 0 Å². The largest absolute Gasteiger partial charge is 0.379 e. The van der Waals surface area contributed by atoms with Gasteiger partial charge in [0.05, 0.1) is 30.8 Å². The molecule has 3 aromatic rings. The first-order valence-corrected chi connectivity index (χ1v) is 9.85. The number of nitrogens with zero attached hydrogens (tertiary/aromatic N) is 4. The number of morpholine rings is 1. The molecule has 0 bridgehead atoms. The molecule has 1 saturated heterocycles. The second kappa shape index (κ2) is 9.10. The Morgan fingerprint density at radius 3 is 2.68 bits per heavy atom. The molecule has 0 saturated carbocycles. The van der Waals surface area contributed by atoms with Crippen LogP contribution in [0.1, 0.15) is 22.9 Å². The molecule has 0 amide bonds. The molecule has 146 valence electrons. The van der Waals surface area contributed by atoms with Gasteiger partial charge in [-0.1, -0.05) is 48.0 Å². The molecule has 1 N–H and O–H groups in total. The lowest BCUT2D eigenvalue weighted by molar-refractivity contribution is 0.0161. The molecule has 0 aliphatic carbocycles. The zero-order valence-electron chi connectivity index (χ0n) is 16.3. The third-order valence-corrected chi connectivity index (χ3v) is 5.08. The molecule has 1 aliphatic heterocycles. The van der Waals surface area contributed by atoms with Gasteiger partial charge in [-0.3, -0.25) is 4.90 Å². The van der Waals surface area contributed by atoms with Gasteiger partial charge in [0.1, 0.15) is 0 Å². The van der Waals surface area contributed by atoms with Crippen LogP contribution in [-0.4, -0.2) is 52.7 Å². The Labute approximate surface area is 166 Å². The van der Waals surface area contributed by atoms with Crippen molar-refractivity contribution in [1.82, 2.24) is 25.2 Å². The molecule has 6 heteroatoms. The molecule has 0 spiro atoms. The third kappa shape index (κ3) is 4.65. The van der Waals surface area contributed by atoms with Crippen molar-refractivity contribution in [1.29, 1.82) is 0 Å².